The van der Waals surface area contributed by atoms with Gasteiger partial charge in [0.25, 0.3) is 11.8 Å². The van der Waals surface area contributed by atoms with Crippen molar-refractivity contribution in [1.29, 1.82) is 0 Å². The highest BCUT2D eigenvalue weighted by Crippen LogP contribution is 2.26. The molecule has 2 amide bonds. The molecule has 0 saturated heterocycles. The standard InChI is InChI=1S/C21H21N3O5S/c1-4-29-18-8-6-5-7-16(18)22-20(26)17-12-30-21(23-17)24-19(25)13-9-14(27-2)11-15(10-13)28-3/h5-12H,4H2,1-3H3,(H,22,26)(H,23,24,25). The first-order valence-electron chi connectivity index (χ1n) is 9.07. The third kappa shape index (κ3) is 5.06. The number of hydrogen-bond donors (Lipinski definition) is 2. The van der Waals surface area contributed by atoms with Gasteiger partial charge >= 0.3 is 0 Å². The maximum atomic E-state index is 12.6. The van der Waals surface area contributed by atoms with Crippen molar-refractivity contribution in [3.8, 4) is 17.2 Å². The van der Waals surface area contributed by atoms with Crippen LogP contribution in [0, 0.1) is 0 Å². The fraction of sp³-hybridized carbons (Fsp3) is 0.190. The molecule has 3 rings (SSSR count). The molecule has 0 bridgehead atoms. The predicted octanol–water partition coefficient (Wildman–Crippen LogP) is 4.06. The Balaban J connectivity index is 1.71. The molecule has 2 N–H and O–H groups in total. The van der Waals surface area contributed by atoms with Gasteiger partial charge in [0.15, 0.2) is 5.13 Å². The van der Waals surface area contributed by atoms with E-state index in [-0.39, 0.29) is 5.69 Å². The van der Waals surface area contributed by atoms with E-state index in [1.807, 2.05) is 13.0 Å². The molecule has 0 fully saturated rings. The molecular formula is C21H21N3O5S. The average molecular weight is 427 g/mol. The summed E-state index contributed by atoms with van der Waals surface area (Å²) in [4.78, 5) is 29.3. The second-order valence-electron chi connectivity index (χ2n) is 5.98. The fourth-order valence-corrected chi connectivity index (χ4v) is 3.27. The number of nitrogens with zero attached hydrogens (tertiary/aromatic N) is 1. The number of anilines is 2. The predicted molar refractivity (Wildman–Crippen MR) is 115 cm³/mol. The lowest BCUT2D eigenvalue weighted by Gasteiger charge is -2.10. The zero-order valence-electron chi connectivity index (χ0n) is 16.7. The van der Waals surface area contributed by atoms with Crippen LogP contribution in [0.15, 0.2) is 47.8 Å². The van der Waals surface area contributed by atoms with E-state index in [1.165, 1.54) is 14.2 Å². The number of ether oxygens (including phenoxy) is 3. The van der Waals surface area contributed by atoms with E-state index in [9.17, 15) is 9.59 Å². The first-order valence-corrected chi connectivity index (χ1v) is 9.95. The van der Waals surface area contributed by atoms with E-state index in [0.29, 0.717) is 40.2 Å². The van der Waals surface area contributed by atoms with Crippen LogP contribution in [0.1, 0.15) is 27.8 Å². The van der Waals surface area contributed by atoms with Crippen LogP contribution in [0.25, 0.3) is 0 Å². The van der Waals surface area contributed by atoms with Gasteiger partial charge in [-0.1, -0.05) is 12.1 Å². The van der Waals surface area contributed by atoms with Crippen molar-refractivity contribution in [1.82, 2.24) is 4.98 Å². The van der Waals surface area contributed by atoms with Gasteiger partial charge in [0.1, 0.15) is 22.9 Å². The summed E-state index contributed by atoms with van der Waals surface area (Å²) in [7, 11) is 3.01. The molecule has 0 aliphatic carbocycles. The van der Waals surface area contributed by atoms with Gasteiger partial charge in [-0.2, -0.15) is 0 Å². The smallest absolute Gasteiger partial charge is 0.275 e. The van der Waals surface area contributed by atoms with Crippen molar-refractivity contribution in [2.45, 2.75) is 6.92 Å². The quantitative estimate of drug-likeness (QED) is 0.562. The van der Waals surface area contributed by atoms with Gasteiger partial charge < -0.3 is 19.5 Å². The van der Waals surface area contributed by atoms with Crippen LogP contribution in [-0.2, 0) is 0 Å². The highest BCUT2D eigenvalue weighted by molar-refractivity contribution is 7.14. The minimum Gasteiger partial charge on any atom is -0.497 e. The molecule has 3 aromatic rings. The van der Waals surface area contributed by atoms with Crippen molar-refractivity contribution in [2.75, 3.05) is 31.5 Å². The largest absolute Gasteiger partial charge is 0.497 e. The second-order valence-corrected chi connectivity index (χ2v) is 6.83. The summed E-state index contributed by atoms with van der Waals surface area (Å²) < 4.78 is 15.9. The summed E-state index contributed by atoms with van der Waals surface area (Å²) in [5.74, 6) is 0.763. The van der Waals surface area contributed by atoms with Crippen LogP contribution in [0.4, 0.5) is 10.8 Å². The van der Waals surface area contributed by atoms with E-state index in [2.05, 4.69) is 15.6 Å². The first-order chi connectivity index (χ1) is 14.5. The Morgan fingerprint density at radius 2 is 1.70 bits per heavy atom. The van der Waals surface area contributed by atoms with Gasteiger partial charge in [0.05, 0.1) is 26.5 Å². The molecule has 0 saturated carbocycles. The number of rotatable bonds is 8. The zero-order chi connectivity index (χ0) is 21.5. The fourth-order valence-electron chi connectivity index (χ4n) is 2.58. The molecule has 1 heterocycles. The molecule has 0 aliphatic rings. The molecule has 156 valence electrons. The Morgan fingerprint density at radius 3 is 2.37 bits per heavy atom. The number of para-hydroxylation sites is 2. The van der Waals surface area contributed by atoms with E-state index >= 15 is 0 Å². The minimum absolute atomic E-state index is 0.185. The van der Waals surface area contributed by atoms with Crippen LogP contribution in [0.3, 0.4) is 0 Å². The van der Waals surface area contributed by atoms with E-state index in [4.69, 9.17) is 14.2 Å². The number of nitrogens with one attached hydrogen (secondary N) is 2. The molecule has 1 aromatic heterocycles. The minimum atomic E-state index is -0.401. The number of aromatic nitrogens is 1. The lowest BCUT2D eigenvalue weighted by molar-refractivity contribution is 0.101. The van der Waals surface area contributed by atoms with Gasteiger partial charge in [-0.25, -0.2) is 4.98 Å². The first kappa shape index (κ1) is 21.1. The number of methoxy groups -OCH3 is 2. The number of carbonyl (C=O) groups is 2. The van der Waals surface area contributed by atoms with Crippen LogP contribution >= 0.6 is 11.3 Å². The third-order valence-corrected chi connectivity index (χ3v) is 4.76. The van der Waals surface area contributed by atoms with Crippen LogP contribution < -0.4 is 24.8 Å². The highest BCUT2D eigenvalue weighted by atomic mass is 32.1. The molecule has 8 nitrogen and oxygen atoms in total. The van der Waals surface area contributed by atoms with Crippen LogP contribution in [0.5, 0.6) is 17.2 Å². The van der Waals surface area contributed by atoms with Gasteiger partial charge in [-0.15, -0.1) is 11.3 Å². The van der Waals surface area contributed by atoms with Crippen molar-refractivity contribution < 1.29 is 23.8 Å². The SMILES string of the molecule is CCOc1ccccc1NC(=O)c1csc(NC(=O)c2cc(OC)cc(OC)c2)n1. The van der Waals surface area contributed by atoms with Crippen molar-refractivity contribution in [3.63, 3.8) is 0 Å². The number of hydrogen-bond acceptors (Lipinski definition) is 7. The van der Waals surface area contributed by atoms with Crippen molar-refractivity contribution in [3.05, 3.63) is 59.1 Å². The molecule has 2 aromatic carbocycles. The molecule has 30 heavy (non-hydrogen) atoms. The summed E-state index contributed by atoms with van der Waals surface area (Å²) in [6, 6.07) is 12.0. The molecule has 0 atom stereocenters. The number of thiazole rings is 1. The van der Waals surface area contributed by atoms with Gasteiger partial charge in [-0.3, -0.25) is 14.9 Å². The highest BCUT2D eigenvalue weighted by Gasteiger charge is 2.16. The third-order valence-electron chi connectivity index (χ3n) is 4.01. The Labute approximate surface area is 177 Å². The van der Waals surface area contributed by atoms with Crippen LogP contribution in [0.2, 0.25) is 0 Å². The topological polar surface area (TPSA) is 98.8 Å². The van der Waals surface area contributed by atoms with Crippen LogP contribution in [-0.4, -0.2) is 37.6 Å². The van der Waals surface area contributed by atoms with E-state index < -0.39 is 11.8 Å². The van der Waals surface area contributed by atoms with Crippen molar-refractivity contribution >= 4 is 34.0 Å². The maximum Gasteiger partial charge on any atom is 0.275 e. The van der Waals surface area contributed by atoms with E-state index in [1.54, 1.807) is 41.8 Å². The van der Waals surface area contributed by atoms with Gasteiger partial charge in [0, 0.05) is 17.0 Å². The summed E-state index contributed by atoms with van der Waals surface area (Å²) in [6.45, 7) is 2.35. The molecule has 0 aliphatic heterocycles. The monoisotopic (exact) mass is 427 g/mol. The summed E-state index contributed by atoms with van der Waals surface area (Å²) in [5, 5.41) is 7.33. The molecule has 0 unspecified atom stereocenters. The Bertz CT molecular complexity index is 1030. The summed E-state index contributed by atoms with van der Waals surface area (Å²) in [5.41, 5.74) is 1.08. The molecule has 0 spiro atoms. The lowest BCUT2D eigenvalue weighted by atomic mass is 10.2. The number of amides is 2. The Kier molecular flexibility index (Phi) is 6.87. The zero-order valence-corrected chi connectivity index (χ0v) is 17.5. The van der Waals surface area contributed by atoms with E-state index in [0.717, 1.165) is 11.3 Å². The van der Waals surface area contributed by atoms with Gasteiger partial charge in [-0.05, 0) is 31.2 Å². The molecular weight excluding hydrogens is 406 g/mol. The van der Waals surface area contributed by atoms with Crippen molar-refractivity contribution in [2.24, 2.45) is 0 Å². The molecule has 9 heteroatoms. The summed E-state index contributed by atoms with van der Waals surface area (Å²) in [6.07, 6.45) is 0. The number of carbonyl (C=O) groups excluding carboxylic acids is 2. The number of benzene rings is 2. The second kappa shape index (κ2) is 9.75. The van der Waals surface area contributed by atoms with Gasteiger partial charge in [0.2, 0.25) is 0 Å². The Morgan fingerprint density at radius 1 is 1.00 bits per heavy atom. The normalized spacial score (nSPS) is 10.2. The molecule has 0 radical (unpaired) electrons. The summed E-state index contributed by atoms with van der Waals surface area (Å²) >= 11 is 1.15. The average Bonchev–Trinajstić information content (AvgIpc) is 3.23. The Hall–Kier alpha value is -3.59. The maximum absolute atomic E-state index is 12.6. The lowest BCUT2D eigenvalue weighted by Crippen LogP contribution is -2.15.